The molecule has 1 aromatic carbocycles. The van der Waals surface area contributed by atoms with Crippen molar-refractivity contribution in [1.82, 2.24) is 9.97 Å². The Hall–Kier alpha value is -2.47. The largest absolute Gasteiger partial charge is 0.366 e. The van der Waals surface area contributed by atoms with Crippen LogP contribution in [0, 0.1) is 0 Å². The lowest BCUT2D eigenvalue weighted by Gasteiger charge is -2.28. The molecule has 3 aromatic rings. The summed E-state index contributed by atoms with van der Waals surface area (Å²) < 4.78 is 1.12. The molecule has 1 aliphatic heterocycles. The minimum absolute atomic E-state index is 0.449. The summed E-state index contributed by atoms with van der Waals surface area (Å²) in [6, 6.07) is 9.66. The van der Waals surface area contributed by atoms with E-state index in [0.717, 1.165) is 34.7 Å². The molecule has 0 radical (unpaired) electrons. The van der Waals surface area contributed by atoms with Crippen molar-refractivity contribution < 1.29 is 4.79 Å². The van der Waals surface area contributed by atoms with Gasteiger partial charge in [-0.25, -0.2) is 9.97 Å². The molecule has 0 saturated carbocycles. The molecular weight excluding hydrogens is 320 g/mol. The Balaban J connectivity index is 1.82. The molecule has 6 heteroatoms. The number of benzene rings is 1. The molecule has 122 valence electrons. The number of nitrogens with zero attached hydrogens (tertiary/aromatic N) is 3. The Morgan fingerprint density at radius 3 is 2.75 bits per heavy atom. The van der Waals surface area contributed by atoms with E-state index < -0.39 is 5.91 Å². The van der Waals surface area contributed by atoms with Crippen LogP contribution >= 0.6 is 11.3 Å². The van der Waals surface area contributed by atoms with Gasteiger partial charge in [-0.2, -0.15) is 0 Å². The second kappa shape index (κ2) is 6.20. The number of rotatable bonds is 3. The minimum atomic E-state index is -0.457. The zero-order chi connectivity index (χ0) is 16.5. The van der Waals surface area contributed by atoms with Gasteiger partial charge < -0.3 is 10.6 Å². The van der Waals surface area contributed by atoms with Crippen LogP contribution in [0.1, 0.15) is 29.6 Å². The highest BCUT2D eigenvalue weighted by molar-refractivity contribution is 7.16. The van der Waals surface area contributed by atoms with Crippen molar-refractivity contribution in [3.63, 3.8) is 0 Å². The smallest absolute Gasteiger partial charge is 0.250 e. The maximum absolute atomic E-state index is 11.9. The van der Waals surface area contributed by atoms with E-state index in [0.29, 0.717) is 11.3 Å². The molecule has 1 fully saturated rings. The predicted molar refractivity (Wildman–Crippen MR) is 97.4 cm³/mol. The van der Waals surface area contributed by atoms with Crippen molar-refractivity contribution in [2.75, 3.05) is 18.0 Å². The van der Waals surface area contributed by atoms with Gasteiger partial charge >= 0.3 is 0 Å². The summed E-state index contributed by atoms with van der Waals surface area (Å²) in [4.78, 5) is 23.3. The van der Waals surface area contributed by atoms with Gasteiger partial charge in [0.1, 0.15) is 5.82 Å². The first kappa shape index (κ1) is 15.1. The molecule has 5 nitrogen and oxygen atoms in total. The van der Waals surface area contributed by atoms with Gasteiger partial charge in [-0.05, 0) is 43.5 Å². The van der Waals surface area contributed by atoms with Gasteiger partial charge in [-0.15, -0.1) is 11.3 Å². The number of nitrogens with two attached hydrogens (primary N) is 1. The third-order valence-corrected chi connectivity index (χ3v) is 5.24. The Morgan fingerprint density at radius 2 is 1.96 bits per heavy atom. The molecular formula is C18H18N4OS. The van der Waals surface area contributed by atoms with Crippen LogP contribution in [0.5, 0.6) is 0 Å². The Kier molecular flexibility index (Phi) is 3.90. The number of anilines is 1. The SMILES string of the molecule is NC(=O)c1ccc(N2CCCCC2)nc1-c1ccc2scnc2c1. The van der Waals surface area contributed by atoms with Crippen molar-refractivity contribution in [1.29, 1.82) is 0 Å². The zero-order valence-corrected chi connectivity index (χ0v) is 14.1. The number of amides is 1. The lowest BCUT2D eigenvalue weighted by molar-refractivity contribution is 0.100. The van der Waals surface area contributed by atoms with Crippen molar-refractivity contribution >= 4 is 33.3 Å². The number of hydrogen-bond acceptors (Lipinski definition) is 5. The maximum atomic E-state index is 11.9. The quantitative estimate of drug-likeness (QED) is 0.794. The molecule has 0 unspecified atom stereocenters. The van der Waals surface area contributed by atoms with E-state index in [-0.39, 0.29) is 0 Å². The molecule has 1 amide bonds. The highest BCUT2D eigenvalue weighted by atomic mass is 32.1. The van der Waals surface area contributed by atoms with Crippen LogP contribution < -0.4 is 10.6 Å². The molecule has 24 heavy (non-hydrogen) atoms. The van der Waals surface area contributed by atoms with E-state index in [2.05, 4.69) is 9.88 Å². The number of aromatic nitrogens is 2. The molecule has 1 aliphatic rings. The van der Waals surface area contributed by atoms with Gasteiger partial charge in [0.05, 0.1) is 27.0 Å². The number of carbonyl (C=O) groups is 1. The summed E-state index contributed by atoms with van der Waals surface area (Å²) in [6.45, 7) is 2.01. The summed E-state index contributed by atoms with van der Waals surface area (Å²) >= 11 is 1.60. The number of thiazole rings is 1. The molecule has 2 aromatic heterocycles. The van der Waals surface area contributed by atoms with Crippen LogP contribution in [0.25, 0.3) is 21.5 Å². The van der Waals surface area contributed by atoms with Gasteiger partial charge in [-0.3, -0.25) is 4.79 Å². The molecule has 2 N–H and O–H groups in total. The van der Waals surface area contributed by atoms with Gasteiger partial charge in [0, 0.05) is 18.7 Å². The van der Waals surface area contributed by atoms with E-state index in [1.54, 1.807) is 17.4 Å². The molecule has 1 saturated heterocycles. The second-order valence-corrected chi connectivity index (χ2v) is 6.90. The van der Waals surface area contributed by atoms with Crippen LogP contribution in [0.15, 0.2) is 35.8 Å². The fraction of sp³-hybridized carbons (Fsp3) is 0.278. The monoisotopic (exact) mass is 338 g/mol. The van der Waals surface area contributed by atoms with E-state index in [4.69, 9.17) is 10.7 Å². The summed E-state index contributed by atoms with van der Waals surface area (Å²) in [5.41, 5.74) is 10.3. The molecule has 0 atom stereocenters. The van der Waals surface area contributed by atoms with Crippen molar-refractivity contribution in [2.45, 2.75) is 19.3 Å². The molecule has 0 aliphatic carbocycles. The van der Waals surface area contributed by atoms with E-state index >= 15 is 0 Å². The second-order valence-electron chi connectivity index (χ2n) is 6.01. The summed E-state index contributed by atoms with van der Waals surface area (Å²) in [6.07, 6.45) is 3.63. The maximum Gasteiger partial charge on any atom is 0.250 e. The number of primary amides is 1. The minimum Gasteiger partial charge on any atom is -0.366 e. The average Bonchev–Trinajstić information content (AvgIpc) is 3.09. The predicted octanol–water partition coefficient (Wildman–Crippen LogP) is 3.45. The number of piperidine rings is 1. The molecule has 0 spiro atoms. The van der Waals surface area contributed by atoms with Crippen molar-refractivity contribution in [3.8, 4) is 11.3 Å². The lowest BCUT2D eigenvalue weighted by Crippen LogP contribution is -2.30. The highest BCUT2D eigenvalue weighted by Gasteiger charge is 2.17. The summed E-state index contributed by atoms with van der Waals surface area (Å²) in [7, 11) is 0. The average molecular weight is 338 g/mol. The Bertz CT molecular complexity index is 899. The number of pyridine rings is 1. The van der Waals surface area contributed by atoms with E-state index in [1.165, 1.54) is 19.3 Å². The number of fused-ring (bicyclic) bond motifs is 1. The third kappa shape index (κ3) is 2.73. The van der Waals surface area contributed by atoms with E-state index in [1.807, 2.05) is 29.8 Å². The third-order valence-electron chi connectivity index (χ3n) is 4.43. The van der Waals surface area contributed by atoms with Crippen LogP contribution in [-0.4, -0.2) is 29.0 Å². The van der Waals surface area contributed by atoms with Crippen molar-refractivity contribution in [2.24, 2.45) is 5.73 Å². The van der Waals surface area contributed by atoms with Crippen LogP contribution in [0.3, 0.4) is 0 Å². The Labute approximate surface area is 144 Å². The molecule has 0 bridgehead atoms. The highest BCUT2D eigenvalue weighted by Crippen LogP contribution is 2.29. The van der Waals surface area contributed by atoms with Crippen LogP contribution in [-0.2, 0) is 0 Å². The van der Waals surface area contributed by atoms with Crippen LogP contribution in [0.4, 0.5) is 5.82 Å². The Morgan fingerprint density at radius 1 is 1.12 bits per heavy atom. The number of carbonyl (C=O) groups excluding carboxylic acids is 1. The fourth-order valence-corrected chi connectivity index (χ4v) is 3.83. The van der Waals surface area contributed by atoms with Crippen LogP contribution in [0.2, 0.25) is 0 Å². The topological polar surface area (TPSA) is 72.1 Å². The van der Waals surface area contributed by atoms with Gasteiger partial charge in [0.15, 0.2) is 0 Å². The van der Waals surface area contributed by atoms with Gasteiger partial charge in [0.25, 0.3) is 5.91 Å². The van der Waals surface area contributed by atoms with E-state index in [9.17, 15) is 4.79 Å². The summed E-state index contributed by atoms with van der Waals surface area (Å²) in [5.74, 6) is 0.453. The number of hydrogen-bond donors (Lipinski definition) is 1. The molecule has 4 rings (SSSR count). The van der Waals surface area contributed by atoms with Crippen molar-refractivity contribution in [3.05, 3.63) is 41.4 Å². The normalized spacial score (nSPS) is 14.9. The standard InChI is InChI=1S/C18H18N4OS/c19-18(23)13-5-7-16(22-8-2-1-3-9-22)21-17(13)12-4-6-15-14(10-12)20-11-24-15/h4-7,10-11H,1-3,8-9H2,(H2,19,23). The molecule has 3 heterocycles. The zero-order valence-electron chi connectivity index (χ0n) is 13.2. The summed E-state index contributed by atoms with van der Waals surface area (Å²) in [5, 5.41) is 0. The van der Waals surface area contributed by atoms with Gasteiger partial charge in [-0.1, -0.05) is 6.07 Å². The first-order valence-electron chi connectivity index (χ1n) is 8.12. The van der Waals surface area contributed by atoms with Gasteiger partial charge in [0.2, 0.25) is 0 Å². The fourth-order valence-electron chi connectivity index (χ4n) is 3.17. The first-order valence-corrected chi connectivity index (χ1v) is 9.00. The first-order chi connectivity index (χ1) is 11.7. The lowest BCUT2D eigenvalue weighted by atomic mass is 10.0.